The van der Waals surface area contributed by atoms with E-state index in [4.69, 9.17) is 14.3 Å². The molecule has 2 aromatic carbocycles. The van der Waals surface area contributed by atoms with Crippen LogP contribution in [0, 0.1) is 11.6 Å². The molecule has 4 rings (SSSR count). The molecule has 5 nitrogen and oxygen atoms in total. The normalized spacial score (nSPS) is 11.1. The first kappa shape index (κ1) is 17.8. The molecule has 0 aliphatic heterocycles. The number of carboxylic acids is 1. The molecule has 0 atom stereocenters. The van der Waals surface area contributed by atoms with Gasteiger partial charge in [-0.25, -0.2) is 13.6 Å². The first-order chi connectivity index (χ1) is 13.5. The summed E-state index contributed by atoms with van der Waals surface area (Å²) >= 11 is 0. The Balaban J connectivity index is 1.92. The third-order valence-corrected chi connectivity index (χ3v) is 4.51. The number of aromatic carboxylic acids is 1. The summed E-state index contributed by atoms with van der Waals surface area (Å²) in [6.07, 6.45) is 0. The molecule has 0 bridgehead atoms. The highest BCUT2D eigenvalue weighted by Gasteiger charge is 2.18. The van der Waals surface area contributed by atoms with E-state index >= 15 is 0 Å². The van der Waals surface area contributed by atoms with Crippen molar-refractivity contribution in [3.63, 3.8) is 0 Å². The molecule has 0 aliphatic rings. The summed E-state index contributed by atoms with van der Waals surface area (Å²) in [6.45, 7) is 0.103. The number of benzene rings is 2. The van der Waals surface area contributed by atoms with E-state index in [1.807, 2.05) is 0 Å². The summed E-state index contributed by atoms with van der Waals surface area (Å²) in [5.74, 6) is -1.94. The maximum absolute atomic E-state index is 14.4. The average molecular weight is 383 g/mol. The molecule has 2 aromatic heterocycles. The van der Waals surface area contributed by atoms with Crippen molar-refractivity contribution in [1.82, 2.24) is 4.57 Å². The van der Waals surface area contributed by atoms with Gasteiger partial charge in [0.2, 0.25) is 5.76 Å². The number of furan rings is 1. The van der Waals surface area contributed by atoms with E-state index in [2.05, 4.69) is 0 Å². The molecule has 142 valence electrons. The van der Waals surface area contributed by atoms with Crippen LogP contribution in [-0.2, 0) is 6.54 Å². The van der Waals surface area contributed by atoms with Crippen LogP contribution in [0.3, 0.4) is 0 Å². The molecule has 0 unspecified atom stereocenters. The van der Waals surface area contributed by atoms with Crippen LogP contribution >= 0.6 is 0 Å². The minimum absolute atomic E-state index is 0.0795. The number of halogens is 2. The molecule has 0 radical (unpaired) electrons. The molecule has 0 spiro atoms. The van der Waals surface area contributed by atoms with Crippen molar-refractivity contribution in [3.05, 3.63) is 77.8 Å². The van der Waals surface area contributed by atoms with Crippen molar-refractivity contribution in [3.8, 4) is 17.0 Å². The van der Waals surface area contributed by atoms with Gasteiger partial charge in [0.05, 0.1) is 24.9 Å². The van der Waals surface area contributed by atoms with Gasteiger partial charge in [-0.2, -0.15) is 0 Å². The lowest BCUT2D eigenvalue weighted by Crippen LogP contribution is -2.02. The summed E-state index contributed by atoms with van der Waals surface area (Å²) in [4.78, 5) is 11.1. The summed E-state index contributed by atoms with van der Waals surface area (Å²) in [6, 6.07) is 13.7. The van der Waals surface area contributed by atoms with Crippen LogP contribution in [0.2, 0.25) is 0 Å². The Morgan fingerprint density at radius 1 is 1.11 bits per heavy atom. The van der Waals surface area contributed by atoms with E-state index in [0.29, 0.717) is 27.9 Å². The molecule has 0 fully saturated rings. The number of methoxy groups -OCH3 is 1. The number of ether oxygens (including phenoxy) is 1. The Labute approximate surface area is 158 Å². The molecule has 4 aromatic rings. The molecule has 28 heavy (non-hydrogen) atoms. The third-order valence-electron chi connectivity index (χ3n) is 4.51. The Morgan fingerprint density at radius 2 is 1.89 bits per heavy atom. The zero-order valence-electron chi connectivity index (χ0n) is 14.8. The number of hydrogen-bond acceptors (Lipinski definition) is 3. The molecule has 0 aliphatic carbocycles. The van der Waals surface area contributed by atoms with Gasteiger partial charge in [-0.3, -0.25) is 0 Å². The van der Waals surface area contributed by atoms with Gasteiger partial charge in [-0.05, 0) is 36.4 Å². The number of rotatable bonds is 5. The minimum atomic E-state index is -1.19. The smallest absolute Gasteiger partial charge is 0.371 e. The van der Waals surface area contributed by atoms with E-state index in [-0.39, 0.29) is 18.1 Å². The molecular weight excluding hydrogens is 368 g/mol. The van der Waals surface area contributed by atoms with Gasteiger partial charge < -0.3 is 18.8 Å². The van der Waals surface area contributed by atoms with Gasteiger partial charge in [0.25, 0.3) is 0 Å². The van der Waals surface area contributed by atoms with Crippen LogP contribution in [0.15, 0.2) is 59.0 Å². The number of nitrogens with zero attached hydrogens (tertiary/aromatic N) is 1. The maximum atomic E-state index is 14.4. The van der Waals surface area contributed by atoms with E-state index in [0.717, 1.165) is 0 Å². The van der Waals surface area contributed by atoms with Gasteiger partial charge in [-0.15, -0.1) is 0 Å². The van der Waals surface area contributed by atoms with E-state index in [1.54, 1.807) is 28.8 Å². The topological polar surface area (TPSA) is 64.6 Å². The number of fused-ring (bicyclic) bond motifs is 1. The van der Waals surface area contributed by atoms with Crippen molar-refractivity contribution < 1.29 is 27.8 Å². The Morgan fingerprint density at radius 3 is 2.57 bits per heavy atom. The van der Waals surface area contributed by atoms with Crippen molar-refractivity contribution in [2.75, 3.05) is 7.11 Å². The van der Waals surface area contributed by atoms with Crippen LogP contribution in [-0.4, -0.2) is 22.8 Å². The lowest BCUT2D eigenvalue weighted by molar-refractivity contribution is 0.0660. The van der Waals surface area contributed by atoms with Crippen LogP contribution in [0.5, 0.6) is 5.75 Å². The summed E-state index contributed by atoms with van der Waals surface area (Å²) in [5.41, 5.74) is 1.35. The van der Waals surface area contributed by atoms with Gasteiger partial charge in [0.15, 0.2) is 11.6 Å². The highest BCUT2D eigenvalue weighted by Crippen LogP contribution is 2.34. The second-order valence-electron chi connectivity index (χ2n) is 6.21. The lowest BCUT2D eigenvalue weighted by atomic mass is 10.1. The van der Waals surface area contributed by atoms with Crippen LogP contribution < -0.4 is 4.74 Å². The molecule has 0 amide bonds. The van der Waals surface area contributed by atoms with Crippen LogP contribution in [0.1, 0.15) is 16.3 Å². The summed E-state index contributed by atoms with van der Waals surface area (Å²) in [5, 5.41) is 9.70. The monoisotopic (exact) mass is 383 g/mol. The summed E-state index contributed by atoms with van der Waals surface area (Å²) in [7, 11) is 1.37. The largest absolute Gasteiger partial charge is 0.494 e. The summed E-state index contributed by atoms with van der Waals surface area (Å²) < 4.78 is 40.8. The third kappa shape index (κ3) is 3.00. The molecule has 0 saturated heterocycles. The number of aromatic nitrogens is 1. The number of carboxylic acid groups (broad SMARTS) is 1. The molecule has 1 N–H and O–H groups in total. The number of carbonyl (C=O) groups is 1. The fourth-order valence-corrected chi connectivity index (χ4v) is 3.22. The fraction of sp³-hybridized carbons (Fsp3) is 0.0952. The number of hydrogen-bond donors (Lipinski definition) is 1. The molecule has 0 saturated carbocycles. The molecule has 2 heterocycles. The highest BCUT2D eigenvalue weighted by molar-refractivity contribution is 5.88. The van der Waals surface area contributed by atoms with Gasteiger partial charge in [0, 0.05) is 17.0 Å². The average Bonchev–Trinajstić information content (AvgIpc) is 3.27. The molecular formula is C21H15F2NO4. The van der Waals surface area contributed by atoms with Crippen LogP contribution in [0.4, 0.5) is 8.78 Å². The van der Waals surface area contributed by atoms with Crippen molar-refractivity contribution in [2.45, 2.75) is 6.54 Å². The van der Waals surface area contributed by atoms with E-state index in [9.17, 15) is 13.6 Å². The zero-order chi connectivity index (χ0) is 19.8. The first-order valence-corrected chi connectivity index (χ1v) is 8.41. The van der Waals surface area contributed by atoms with Crippen molar-refractivity contribution >= 4 is 16.9 Å². The Hall–Kier alpha value is -3.61. The van der Waals surface area contributed by atoms with Crippen molar-refractivity contribution in [2.24, 2.45) is 0 Å². The highest BCUT2D eigenvalue weighted by atomic mass is 19.1. The first-order valence-electron chi connectivity index (χ1n) is 8.41. The predicted molar refractivity (Wildman–Crippen MR) is 98.6 cm³/mol. The van der Waals surface area contributed by atoms with Gasteiger partial charge in [0.1, 0.15) is 11.6 Å². The second kappa shape index (κ2) is 6.84. The SMILES string of the molecule is COc1cc2cc(-c3ccccc3F)n(Cc3ccc(C(=O)O)o3)c2cc1F. The second-order valence-corrected chi connectivity index (χ2v) is 6.21. The lowest BCUT2D eigenvalue weighted by Gasteiger charge is -2.11. The Bertz CT molecular complexity index is 1190. The van der Waals surface area contributed by atoms with Gasteiger partial charge in [-0.1, -0.05) is 12.1 Å². The quantitative estimate of drug-likeness (QED) is 0.530. The van der Waals surface area contributed by atoms with Crippen molar-refractivity contribution in [1.29, 1.82) is 0 Å². The minimum Gasteiger partial charge on any atom is -0.494 e. The van der Waals surface area contributed by atoms with E-state index in [1.165, 1.54) is 37.4 Å². The zero-order valence-corrected chi connectivity index (χ0v) is 14.8. The fourth-order valence-electron chi connectivity index (χ4n) is 3.22. The van der Waals surface area contributed by atoms with E-state index < -0.39 is 17.6 Å². The predicted octanol–water partition coefficient (Wildman–Crippen LogP) is 4.93. The Kier molecular flexibility index (Phi) is 4.35. The standard InChI is InChI=1S/C21H15F2NO4/c1-27-20-9-12-8-18(14-4-2-3-5-15(14)22)24(17(12)10-16(20)23)11-13-6-7-19(28-13)21(25)26/h2-10H,11H2,1H3,(H,25,26). The van der Waals surface area contributed by atoms with Gasteiger partial charge >= 0.3 is 5.97 Å². The maximum Gasteiger partial charge on any atom is 0.371 e. The van der Waals surface area contributed by atoms with Crippen LogP contribution in [0.25, 0.3) is 22.2 Å². The molecule has 7 heteroatoms.